The fourth-order valence-electron chi connectivity index (χ4n) is 3.01. The van der Waals surface area contributed by atoms with Crippen molar-refractivity contribution in [2.24, 2.45) is 0 Å². The molecule has 4 nitrogen and oxygen atoms in total. The number of nitrogens with zero attached hydrogens (tertiary/aromatic N) is 2. The van der Waals surface area contributed by atoms with Crippen LogP contribution in [0.15, 0.2) is 47.4 Å². The first-order chi connectivity index (χ1) is 10.7. The minimum atomic E-state index is -0.270. The Labute approximate surface area is 132 Å². The molecule has 1 N–H and O–H groups in total. The van der Waals surface area contributed by atoms with Crippen LogP contribution >= 0.6 is 11.8 Å². The number of aromatic nitrogens is 2. The van der Waals surface area contributed by atoms with E-state index in [1.807, 2.05) is 6.07 Å². The van der Waals surface area contributed by atoms with Crippen LogP contribution in [0.25, 0.3) is 22.2 Å². The highest BCUT2D eigenvalue weighted by Gasteiger charge is 2.12. The zero-order chi connectivity index (χ0) is 15.1. The summed E-state index contributed by atoms with van der Waals surface area (Å²) in [6.07, 6.45) is 2.75. The van der Waals surface area contributed by atoms with Crippen molar-refractivity contribution in [1.82, 2.24) is 14.4 Å². The topological polar surface area (TPSA) is 46.9 Å². The van der Waals surface area contributed by atoms with E-state index in [4.69, 9.17) is 11.8 Å². The molecule has 110 valence electrons. The van der Waals surface area contributed by atoms with Gasteiger partial charge in [-0.05, 0) is 53.4 Å². The number of halogens is 1. The molecule has 5 heteroatoms. The third-order valence-corrected chi connectivity index (χ3v) is 4.47. The Bertz CT molecular complexity index is 933. The molecule has 4 rings (SSSR count). The number of hydrogen-bond acceptors (Lipinski definition) is 3. The molecular weight excluding hydrogens is 298 g/mol. The lowest BCUT2D eigenvalue weighted by Crippen LogP contribution is -2.23. The molecule has 22 heavy (non-hydrogen) atoms. The van der Waals surface area contributed by atoms with Gasteiger partial charge in [-0.3, -0.25) is 4.79 Å². The lowest BCUT2D eigenvalue weighted by Gasteiger charge is -2.18. The summed E-state index contributed by atoms with van der Waals surface area (Å²) in [7, 11) is 0. The lowest BCUT2D eigenvalue weighted by atomic mass is 9.95. The maximum absolute atomic E-state index is 11.7. The fraction of sp³-hybridized carbons (Fsp3) is 0.176. The van der Waals surface area contributed by atoms with Crippen molar-refractivity contribution >= 4 is 22.8 Å². The summed E-state index contributed by atoms with van der Waals surface area (Å²) in [4.78, 5) is 15.9. The molecule has 0 fully saturated rings. The number of fused-ring (bicyclic) bond motifs is 2. The van der Waals surface area contributed by atoms with Crippen molar-refractivity contribution < 1.29 is 0 Å². The van der Waals surface area contributed by atoms with Gasteiger partial charge in [0.2, 0.25) is 0 Å². The average molecular weight is 312 g/mol. The van der Waals surface area contributed by atoms with E-state index < -0.39 is 0 Å². The summed E-state index contributed by atoms with van der Waals surface area (Å²) in [6.45, 7) is 1.93. The highest BCUT2D eigenvalue weighted by Crippen LogP contribution is 2.29. The van der Waals surface area contributed by atoms with Gasteiger partial charge in [0.1, 0.15) is 0 Å². The fourth-order valence-corrected chi connectivity index (χ4v) is 3.20. The van der Waals surface area contributed by atoms with Crippen molar-refractivity contribution in [3.63, 3.8) is 0 Å². The molecular formula is C17H14ClN3O. The molecule has 0 unspecified atom stereocenters. The van der Waals surface area contributed by atoms with Crippen LogP contribution in [0.2, 0.25) is 0 Å². The van der Waals surface area contributed by atoms with Crippen molar-refractivity contribution in [3.05, 3.63) is 64.1 Å². The van der Waals surface area contributed by atoms with Crippen molar-refractivity contribution in [3.8, 4) is 11.1 Å². The molecule has 3 heterocycles. The molecule has 0 saturated heterocycles. The molecule has 0 spiro atoms. The Morgan fingerprint density at radius 3 is 2.95 bits per heavy atom. The Hall–Kier alpha value is -2.17. The first-order valence-electron chi connectivity index (χ1n) is 7.24. The van der Waals surface area contributed by atoms with Crippen molar-refractivity contribution in [2.75, 3.05) is 6.54 Å². The zero-order valence-electron chi connectivity index (χ0n) is 11.8. The number of pyridine rings is 2. The van der Waals surface area contributed by atoms with Gasteiger partial charge in [-0.1, -0.05) is 12.1 Å². The molecule has 0 atom stereocenters. The predicted octanol–water partition coefficient (Wildman–Crippen LogP) is 2.71. The van der Waals surface area contributed by atoms with E-state index >= 15 is 0 Å². The molecule has 0 aliphatic carbocycles. The Kier molecular flexibility index (Phi) is 3.21. The zero-order valence-corrected chi connectivity index (χ0v) is 12.6. The molecule has 2 aromatic heterocycles. The lowest BCUT2D eigenvalue weighted by molar-refractivity contribution is 0.644. The quantitative estimate of drug-likeness (QED) is 0.751. The Morgan fingerprint density at radius 2 is 2.05 bits per heavy atom. The highest BCUT2D eigenvalue weighted by molar-refractivity contribution is 6.18. The second-order valence-electron chi connectivity index (χ2n) is 5.46. The molecule has 0 saturated carbocycles. The number of rotatable bonds is 1. The predicted molar refractivity (Wildman–Crippen MR) is 88.1 cm³/mol. The molecule has 0 radical (unpaired) electrons. The van der Waals surface area contributed by atoms with Crippen molar-refractivity contribution in [1.29, 1.82) is 0 Å². The first kappa shape index (κ1) is 13.5. The third-order valence-electron chi connectivity index (χ3n) is 4.14. The van der Waals surface area contributed by atoms with Gasteiger partial charge >= 0.3 is 0 Å². The SMILES string of the molecule is O=c1ccc2c(-c3ccc4c(c3)CNCC4)ccnc2n1Cl. The Balaban J connectivity index is 1.95. The van der Waals surface area contributed by atoms with Crippen LogP contribution in [-0.2, 0) is 13.0 Å². The van der Waals surface area contributed by atoms with Crippen LogP contribution < -0.4 is 10.9 Å². The number of nitrogens with one attached hydrogen (secondary N) is 1. The second kappa shape index (κ2) is 5.23. The standard InChI is InChI=1S/C17H14ClN3O/c18-21-16(22)4-3-15-14(6-8-20-17(15)21)12-2-1-11-5-7-19-10-13(11)9-12/h1-4,6,8-9,19H,5,7,10H2. The van der Waals surface area contributed by atoms with E-state index in [0.717, 1.165) is 40.1 Å². The summed E-state index contributed by atoms with van der Waals surface area (Å²) in [6, 6.07) is 11.7. The molecule has 1 aliphatic rings. The van der Waals surface area contributed by atoms with Crippen LogP contribution in [0.1, 0.15) is 11.1 Å². The van der Waals surface area contributed by atoms with Crippen molar-refractivity contribution in [2.45, 2.75) is 13.0 Å². The second-order valence-corrected chi connectivity index (χ2v) is 5.80. The maximum atomic E-state index is 11.7. The summed E-state index contributed by atoms with van der Waals surface area (Å²) in [5.74, 6) is 0. The van der Waals surface area contributed by atoms with Gasteiger partial charge in [0.25, 0.3) is 5.56 Å². The summed E-state index contributed by atoms with van der Waals surface area (Å²) in [5, 5.41) is 4.27. The minimum Gasteiger partial charge on any atom is -0.312 e. The van der Waals surface area contributed by atoms with Gasteiger partial charge in [-0.25, -0.2) is 4.98 Å². The summed E-state index contributed by atoms with van der Waals surface area (Å²) < 4.78 is 1.07. The Morgan fingerprint density at radius 1 is 1.14 bits per heavy atom. The van der Waals surface area contributed by atoms with Gasteiger partial charge < -0.3 is 5.32 Å². The van der Waals surface area contributed by atoms with E-state index in [-0.39, 0.29) is 5.56 Å². The van der Waals surface area contributed by atoms with Gasteiger partial charge in [0.15, 0.2) is 5.65 Å². The van der Waals surface area contributed by atoms with Crippen LogP contribution in [0.4, 0.5) is 0 Å². The van der Waals surface area contributed by atoms with E-state index in [1.165, 1.54) is 17.2 Å². The van der Waals surface area contributed by atoms with Gasteiger partial charge in [0, 0.05) is 36.0 Å². The van der Waals surface area contributed by atoms with Crippen LogP contribution in [0.5, 0.6) is 0 Å². The number of hydrogen-bond donors (Lipinski definition) is 1. The van der Waals surface area contributed by atoms with Gasteiger partial charge in [-0.15, -0.1) is 0 Å². The third kappa shape index (κ3) is 2.12. The van der Waals surface area contributed by atoms with E-state index in [1.54, 1.807) is 12.3 Å². The average Bonchev–Trinajstić information content (AvgIpc) is 2.57. The summed E-state index contributed by atoms with van der Waals surface area (Å²) in [5.41, 5.74) is 5.09. The first-order valence-corrected chi connectivity index (χ1v) is 7.58. The van der Waals surface area contributed by atoms with Crippen LogP contribution in [-0.4, -0.2) is 15.6 Å². The van der Waals surface area contributed by atoms with Crippen LogP contribution in [0, 0.1) is 0 Å². The molecule has 0 amide bonds. The molecule has 1 aromatic carbocycles. The molecule has 0 bridgehead atoms. The summed E-state index contributed by atoms with van der Waals surface area (Å²) >= 11 is 6.03. The largest absolute Gasteiger partial charge is 0.312 e. The van der Waals surface area contributed by atoms with Gasteiger partial charge in [-0.2, -0.15) is 4.09 Å². The van der Waals surface area contributed by atoms with Gasteiger partial charge in [0.05, 0.1) is 0 Å². The monoisotopic (exact) mass is 311 g/mol. The van der Waals surface area contributed by atoms with E-state index in [2.05, 4.69) is 28.5 Å². The normalized spacial score (nSPS) is 14.0. The highest BCUT2D eigenvalue weighted by atomic mass is 35.5. The van der Waals surface area contributed by atoms with E-state index in [9.17, 15) is 4.79 Å². The molecule has 1 aliphatic heterocycles. The minimum absolute atomic E-state index is 0.270. The smallest absolute Gasteiger partial charge is 0.266 e. The van der Waals surface area contributed by atoms with E-state index in [0.29, 0.717) is 5.65 Å². The maximum Gasteiger partial charge on any atom is 0.266 e. The number of benzene rings is 1. The molecule has 3 aromatic rings. The van der Waals surface area contributed by atoms with Crippen LogP contribution in [0.3, 0.4) is 0 Å².